The Morgan fingerprint density at radius 2 is 0.765 bits per heavy atom. The van der Waals surface area contributed by atoms with Gasteiger partial charge in [0.1, 0.15) is 34.5 Å². The fourth-order valence-electron chi connectivity index (χ4n) is 6.15. The Bertz CT molecular complexity index is 1310. The minimum absolute atomic E-state index is 0.0298. The number of phenols is 6. The molecule has 4 aromatic carbocycles. The average Bonchev–Trinajstić information content (AvgIpc) is 3.29. The molecule has 6 rings (SSSR count). The Hall–Kier alpha value is -4.32. The molecule has 2 aliphatic rings. The van der Waals surface area contributed by atoms with Gasteiger partial charge in [0.05, 0.1) is 0 Å². The normalized spacial score (nSPS) is 22.2. The molecule has 170 valence electrons. The summed E-state index contributed by atoms with van der Waals surface area (Å²) in [5, 5.41) is 62.4. The summed E-state index contributed by atoms with van der Waals surface area (Å²) in [4.78, 5) is 0. The van der Waals surface area contributed by atoms with Crippen molar-refractivity contribution in [2.24, 2.45) is 0 Å². The molecule has 0 spiro atoms. The first-order chi connectivity index (χ1) is 16.3. The van der Waals surface area contributed by atoms with Crippen LogP contribution in [0.5, 0.6) is 34.5 Å². The summed E-state index contributed by atoms with van der Waals surface area (Å²) in [6.45, 7) is 0. The van der Waals surface area contributed by atoms with Gasteiger partial charge in [-0.3, -0.25) is 0 Å². The van der Waals surface area contributed by atoms with Gasteiger partial charge in [0.25, 0.3) is 0 Å². The fraction of sp³-hybridized carbons (Fsp3) is 0.143. The quantitative estimate of drug-likeness (QED) is 0.251. The van der Waals surface area contributed by atoms with Crippen LogP contribution in [0.25, 0.3) is 0 Å². The molecule has 0 saturated heterocycles. The zero-order valence-corrected chi connectivity index (χ0v) is 17.9. The van der Waals surface area contributed by atoms with E-state index in [2.05, 4.69) is 0 Å². The molecule has 0 fully saturated rings. The molecule has 0 amide bonds. The van der Waals surface area contributed by atoms with Crippen molar-refractivity contribution in [2.75, 3.05) is 0 Å². The second-order valence-corrected chi connectivity index (χ2v) is 9.13. The number of hydrogen-bond acceptors (Lipinski definition) is 6. The van der Waals surface area contributed by atoms with Crippen LogP contribution in [-0.4, -0.2) is 30.6 Å². The Morgan fingerprint density at radius 1 is 0.412 bits per heavy atom. The first-order valence-electron chi connectivity index (χ1n) is 11.0. The Balaban J connectivity index is 1.67. The van der Waals surface area contributed by atoms with Crippen LogP contribution in [0.3, 0.4) is 0 Å². The van der Waals surface area contributed by atoms with Gasteiger partial charge in [-0.2, -0.15) is 0 Å². The molecule has 2 aliphatic carbocycles. The van der Waals surface area contributed by atoms with Crippen molar-refractivity contribution in [3.63, 3.8) is 0 Å². The molecule has 34 heavy (non-hydrogen) atoms. The van der Waals surface area contributed by atoms with Gasteiger partial charge in [-0.1, -0.05) is 24.3 Å². The van der Waals surface area contributed by atoms with Crippen LogP contribution in [0.1, 0.15) is 57.1 Å². The highest BCUT2D eigenvalue weighted by Crippen LogP contribution is 2.69. The highest BCUT2D eigenvalue weighted by atomic mass is 16.3. The van der Waals surface area contributed by atoms with Gasteiger partial charge < -0.3 is 30.6 Å². The molecule has 4 atom stereocenters. The average molecular weight is 454 g/mol. The SMILES string of the molecule is Oc1ccc(C2c3c(O)cc(O)cc3C3C(c4ccc(O)cc4)c4c(O)cc(O)cc4C23)cc1. The lowest BCUT2D eigenvalue weighted by atomic mass is 9.79. The maximum atomic E-state index is 11.0. The standard InChI is InChI=1S/C28H22O6/c29-15-5-1-13(2-6-15)23-25-19(9-17(31)11-21(25)33)28-24(14-3-7-16(30)8-4-14)26-20(27(23)28)10-18(32)12-22(26)34/h1-12,23-24,27-34H. The van der Waals surface area contributed by atoms with E-state index in [1.807, 2.05) is 0 Å². The smallest absolute Gasteiger partial charge is 0.123 e. The predicted octanol–water partition coefficient (Wildman–Crippen LogP) is 5.08. The van der Waals surface area contributed by atoms with Crippen molar-refractivity contribution in [1.29, 1.82) is 0 Å². The summed E-state index contributed by atoms with van der Waals surface area (Å²) in [5.74, 6) is -1.15. The molecular weight excluding hydrogens is 432 g/mol. The molecule has 0 aromatic heterocycles. The largest absolute Gasteiger partial charge is 0.508 e. The van der Waals surface area contributed by atoms with Crippen LogP contribution in [-0.2, 0) is 0 Å². The lowest BCUT2D eigenvalue weighted by molar-refractivity contribution is 0.443. The lowest BCUT2D eigenvalue weighted by Gasteiger charge is -2.23. The van der Waals surface area contributed by atoms with E-state index >= 15 is 0 Å². The van der Waals surface area contributed by atoms with Gasteiger partial charge in [0, 0.05) is 46.9 Å². The van der Waals surface area contributed by atoms with E-state index in [1.54, 1.807) is 60.7 Å². The van der Waals surface area contributed by atoms with Gasteiger partial charge >= 0.3 is 0 Å². The molecule has 6 N–H and O–H groups in total. The molecular formula is C28H22O6. The summed E-state index contributed by atoms with van der Waals surface area (Å²) >= 11 is 0. The summed E-state index contributed by atoms with van der Waals surface area (Å²) in [6, 6.07) is 19.5. The van der Waals surface area contributed by atoms with Crippen LogP contribution in [0.2, 0.25) is 0 Å². The van der Waals surface area contributed by atoms with E-state index < -0.39 is 0 Å². The van der Waals surface area contributed by atoms with Gasteiger partial charge in [-0.25, -0.2) is 0 Å². The van der Waals surface area contributed by atoms with Crippen molar-refractivity contribution in [3.05, 3.63) is 106 Å². The minimum Gasteiger partial charge on any atom is -0.508 e. The Morgan fingerprint density at radius 3 is 1.12 bits per heavy atom. The van der Waals surface area contributed by atoms with Gasteiger partial charge in [-0.15, -0.1) is 0 Å². The molecule has 4 aromatic rings. The summed E-state index contributed by atoms with van der Waals surface area (Å²) in [7, 11) is 0. The third-order valence-electron chi connectivity index (χ3n) is 7.30. The van der Waals surface area contributed by atoms with Crippen LogP contribution < -0.4 is 0 Å². The molecule has 0 saturated carbocycles. The van der Waals surface area contributed by atoms with E-state index in [0.717, 1.165) is 22.3 Å². The molecule has 0 heterocycles. The molecule has 6 nitrogen and oxygen atoms in total. The van der Waals surface area contributed by atoms with Crippen molar-refractivity contribution in [2.45, 2.75) is 23.7 Å². The zero-order valence-electron chi connectivity index (χ0n) is 17.9. The maximum Gasteiger partial charge on any atom is 0.123 e. The van der Waals surface area contributed by atoms with E-state index in [9.17, 15) is 30.6 Å². The van der Waals surface area contributed by atoms with Crippen molar-refractivity contribution in [3.8, 4) is 34.5 Å². The number of aromatic hydroxyl groups is 6. The first kappa shape index (κ1) is 20.3. The van der Waals surface area contributed by atoms with Gasteiger partial charge in [0.2, 0.25) is 0 Å². The highest BCUT2D eigenvalue weighted by Gasteiger charge is 2.54. The fourth-order valence-corrected chi connectivity index (χ4v) is 6.15. The zero-order chi connectivity index (χ0) is 23.7. The molecule has 6 heteroatoms. The van der Waals surface area contributed by atoms with Crippen LogP contribution in [0.4, 0.5) is 0 Å². The number of rotatable bonds is 2. The van der Waals surface area contributed by atoms with Crippen molar-refractivity contribution < 1.29 is 30.6 Å². The minimum atomic E-state index is -0.344. The lowest BCUT2D eigenvalue weighted by Crippen LogP contribution is -2.10. The third-order valence-corrected chi connectivity index (χ3v) is 7.30. The number of phenolic OH excluding ortho intramolecular Hbond substituents is 6. The van der Waals surface area contributed by atoms with Gasteiger partial charge in [-0.05, 0) is 58.7 Å². The summed E-state index contributed by atoms with van der Waals surface area (Å²) in [5.41, 5.74) is 4.58. The second-order valence-electron chi connectivity index (χ2n) is 9.13. The second kappa shape index (κ2) is 7.09. The maximum absolute atomic E-state index is 11.0. The van der Waals surface area contributed by atoms with E-state index in [0.29, 0.717) is 11.1 Å². The number of hydrogen-bond donors (Lipinski definition) is 6. The van der Waals surface area contributed by atoms with Crippen LogP contribution >= 0.6 is 0 Å². The first-order valence-corrected chi connectivity index (χ1v) is 11.0. The Kier molecular flexibility index (Phi) is 4.23. The van der Waals surface area contributed by atoms with Crippen LogP contribution in [0, 0.1) is 0 Å². The van der Waals surface area contributed by atoms with E-state index in [-0.39, 0.29) is 58.2 Å². The predicted molar refractivity (Wildman–Crippen MR) is 125 cm³/mol. The highest BCUT2D eigenvalue weighted by molar-refractivity contribution is 5.68. The van der Waals surface area contributed by atoms with Crippen molar-refractivity contribution >= 4 is 0 Å². The topological polar surface area (TPSA) is 121 Å². The number of benzene rings is 4. The third kappa shape index (κ3) is 2.81. The van der Waals surface area contributed by atoms with Crippen molar-refractivity contribution in [1.82, 2.24) is 0 Å². The molecule has 4 unspecified atom stereocenters. The molecule has 0 bridgehead atoms. The van der Waals surface area contributed by atoms with Crippen LogP contribution in [0.15, 0.2) is 72.8 Å². The molecule has 0 aliphatic heterocycles. The Labute approximate surface area is 195 Å². The molecule has 0 radical (unpaired) electrons. The summed E-state index contributed by atoms with van der Waals surface area (Å²) < 4.78 is 0. The van der Waals surface area contributed by atoms with Gasteiger partial charge in [0.15, 0.2) is 0 Å². The monoisotopic (exact) mass is 454 g/mol. The van der Waals surface area contributed by atoms with E-state index in [1.165, 1.54) is 12.1 Å². The van der Waals surface area contributed by atoms with E-state index in [4.69, 9.17) is 0 Å². The summed E-state index contributed by atoms with van der Waals surface area (Å²) in [6.07, 6.45) is 0. The number of fused-ring (bicyclic) bond motifs is 5.